The molecule has 1 N–H and O–H groups in total. The average Bonchev–Trinajstić information content (AvgIpc) is 3.54. The average molecular weight is 549 g/mol. The number of carbonyl (C=O) groups excluding carboxylic acids is 1. The second-order valence-electron chi connectivity index (χ2n) is 9.69. The molecule has 2 heterocycles. The SMILES string of the molecule is Cn1cc(N(C2CCN(CC(F)(F)F)C2)S(=O)(=O)[N-]C(=O)Nc2c3c(cc4c2CCC4)CCC3)cn1.[Na+]. The number of carbonyl (C=O) groups is 1. The molecule has 1 aromatic heterocycles. The Labute approximate surface area is 236 Å². The summed E-state index contributed by atoms with van der Waals surface area (Å²) < 4.78 is 71.4. The van der Waals surface area contributed by atoms with Gasteiger partial charge in [-0.1, -0.05) is 6.07 Å². The number of nitrogens with zero attached hydrogens (tertiary/aromatic N) is 5. The quantitative estimate of drug-likeness (QED) is 0.536. The van der Waals surface area contributed by atoms with E-state index in [2.05, 4.69) is 21.2 Å². The summed E-state index contributed by atoms with van der Waals surface area (Å²) in [4.78, 5) is 14.1. The van der Waals surface area contributed by atoms with Crippen LogP contribution in [0.4, 0.5) is 29.3 Å². The molecule has 1 atom stereocenters. The van der Waals surface area contributed by atoms with E-state index in [1.165, 1.54) is 28.2 Å². The molecule has 1 fully saturated rings. The van der Waals surface area contributed by atoms with Gasteiger partial charge in [-0.2, -0.15) is 18.3 Å². The van der Waals surface area contributed by atoms with E-state index in [1.807, 2.05) is 0 Å². The van der Waals surface area contributed by atoms with Crippen molar-refractivity contribution in [3.05, 3.63) is 45.4 Å². The molecule has 37 heavy (non-hydrogen) atoms. The van der Waals surface area contributed by atoms with Crippen molar-refractivity contribution >= 4 is 27.6 Å². The number of alkyl halides is 3. The first kappa shape index (κ1) is 28.2. The second kappa shape index (κ2) is 10.8. The zero-order valence-electron chi connectivity index (χ0n) is 20.9. The van der Waals surface area contributed by atoms with Crippen molar-refractivity contribution in [1.82, 2.24) is 14.7 Å². The molecule has 0 radical (unpaired) electrons. The largest absolute Gasteiger partial charge is 1.00 e. The van der Waals surface area contributed by atoms with Crippen molar-refractivity contribution in [2.45, 2.75) is 57.2 Å². The van der Waals surface area contributed by atoms with Crippen molar-refractivity contribution in [2.75, 3.05) is 29.3 Å². The predicted octanol–water partition coefficient (Wildman–Crippen LogP) is 0.695. The number of halogens is 3. The summed E-state index contributed by atoms with van der Waals surface area (Å²) in [6, 6.07) is 0.372. The van der Waals surface area contributed by atoms with Gasteiger partial charge >= 0.3 is 35.7 Å². The second-order valence-corrected chi connectivity index (χ2v) is 11.2. The zero-order valence-corrected chi connectivity index (χ0v) is 23.7. The number of urea groups is 1. The molecule has 2 amide bonds. The minimum Gasteiger partial charge on any atom is -0.423 e. The van der Waals surface area contributed by atoms with Crippen LogP contribution in [-0.2, 0) is 42.9 Å². The van der Waals surface area contributed by atoms with Crippen molar-refractivity contribution < 1.29 is 55.9 Å². The topological polar surface area (TPSA) is 102 Å². The molecule has 9 nitrogen and oxygen atoms in total. The summed E-state index contributed by atoms with van der Waals surface area (Å²) in [5.41, 5.74) is 5.27. The number of rotatable bonds is 6. The number of amides is 2. The maximum absolute atomic E-state index is 13.4. The van der Waals surface area contributed by atoms with Gasteiger partial charge in [-0.15, -0.1) is 0 Å². The van der Waals surface area contributed by atoms with Gasteiger partial charge in [-0.05, 0) is 72.9 Å². The molecule has 196 valence electrons. The van der Waals surface area contributed by atoms with E-state index < -0.39 is 35.0 Å². The molecule has 14 heteroatoms. The van der Waals surface area contributed by atoms with Crippen LogP contribution < -0.4 is 39.2 Å². The fraction of sp³-hybridized carbons (Fsp3) is 0.565. The van der Waals surface area contributed by atoms with Crippen LogP contribution in [0, 0.1) is 0 Å². The van der Waals surface area contributed by atoms with Gasteiger partial charge in [0.1, 0.15) is 0 Å². The number of hydrogen-bond acceptors (Lipinski definition) is 5. The number of aromatic nitrogens is 2. The summed E-state index contributed by atoms with van der Waals surface area (Å²) in [6.45, 7) is -1.19. The van der Waals surface area contributed by atoms with Crippen LogP contribution in [0.15, 0.2) is 18.5 Å². The van der Waals surface area contributed by atoms with Gasteiger partial charge in [0.25, 0.3) is 10.2 Å². The molecule has 0 saturated carbocycles. The number of nitrogens with one attached hydrogen (secondary N) is 1. The first-order chi connectivity index (χ1) is 17.0. The third-order valence-electron chi connectivity index (χ3n) is 7.08. The normalized spacial score (nSPS) is 19.3. The molecule has 3 aliphatic rings. The molecule has 1 aliphatic heterocycles. The molecular formula is C23H28F3N6NaO3S. The van der Waals surface area contributed by atoms with Gasteiger partial charge in [-0.25, -0.2) is 8.42 Å². The smallest absolute Gasteiger partial charge is 0.423 e. The Morgan fingerprint density at radius 1 is 1.19 bits per heavy atom. The Kier molecular flexibility index (Phi) is 8.20. The Morgan fingerprint density at radius 2 is 1.84 bits per heavy atom. The van der Waals surface area contributed by atoms with Gasteiger partial charge in [0.15, 0.2) is 6.03 Å². The predicted molar refractivity (Wildman–Crippen MR) is 128 cm³/mol. The minimum absolute atomic E-state index is 0. The molecule has 0 bridgehead atoms. The fourth-order valence-corrected chi connectivity index (χ4v) is 6.95. The molecule has 1 unspecified atom stereocenters. The van der Waals surface area contributed by atoms with Crippen molar-refractivity contribution in [2.24, 2.45) is 7.05 Å². The minimum atomic E-state index is -4.58. The summed E-state index contributed by atoms with van der Waals surface area (Å²) in [7, 11) is -2.98. The van der Waals surface area contributed by atoms with Crippen molar-refractivity contribution in [3.63, 3.8) is 0 Å². The Balaban J connectivity index is 0.00000320. The van der Waals surface area contributed by atoms with Crippen LogP contribution in [-0.4, -0.2) is 61.0 Å². The molecule has 1 aromatic carbocycles. The summed E-state index contributed by atoms with van der Waals surface area (Å²) in [6.07, 6.45) is 3.92. The number of benzene rings is 1. The summed E-state index contributed by atoms with van der Waals surface area (Å²) >= 11 is 0. The fourth-order valence-electron chi connectivity index (χ4n) is 5.70. The van der Waals surface area contributed by atoms with Crippen LogP contribution >= 0.6 is 0 Å². The van der Waals surface area contributed by atoms with E-state index in [4.69, 9.17) is 0 Å². The van der Waals surface area contributed by atoms with Gasteiger partial charge in [0.05, 0.1) is 24.5 Å². The van der Waals surface area contributed by atoms with Crippen LogP contribution in [0.25, 0.3) is 4.72 Å². The van der Waals surface area contributed by atoms with E-state index in [0.717, 1.165) is 58.9 Å². The molecule has 2 aromatic rings. The zero-order chi connectivity index (χ0) is 25.7. The molecular weight excluding hydrogens is 520 g/mol. The maximum Gasteiger partial charge on any atom is 1.00 e. The first-order valence-corrected chi connectivity index (χ1v) is 13.4. The number of fused-ring (bicyclic) bond motifs is 2. The Bertz CT molecular complexity index is 1250. The van der Waals surface area contributed by atoms with Gasteiger partial charge in [0.2, 0.25) is 0 Å². The van der Waals surface area contributed by atoms with Crippen LogP contribution in [0.3, 0.4) is 0 Å². The Morgan fingerprint density at radius 3 is 2.41 bits per heavy atom. The Hall–Kier alpha value is -1.80. The van der Waals surface area contributed by atoms with E-state index in [0.29, 0.717) is 5.69 Å². The van der Waals surface area contributed by atoms with E-state index in [9.17, 15) is 26.4 Å². The van der Waals surface area contributed by atoms with E-state index in [1.54, 1.807) is 7.05 Å². The van der Waals surface area contributed by atoms with E-state index in [-0.39, 0.29) is 54.8 Å². The summed E-state index contributed by atoms with van der Waals surface area (Å²) in [5, 5.41) is 6.75. The van der Waals surface area contributed by atoms with Crippen molar-refractivity contribution in [3.8, 4) is 0 Å². The molecule has 5 rings (SSSR count). The third-order valence-corrected chi connectivity index (χ3v) is 8.48. The number of likely N-dealkylation sites (tertiary alicyclic amines) is 1. The van der Waals surface area contributed by atoms with Gasteiger partial charge in [0, 0.05) is 26.3 Å². The molecule has 0 spiro atoms. The van der Waals surface area contributed by atoms with Gasteiger partial charge < -0.3 is 10.0 Å². The molecule has 1 saturated heterocycles. The molecule has 2 aliphatic carbocycles. The number of anilines is 2. The monoisotopic (exact) mass is 548 g/mol. The van der Waals surface area contributed by atoms with Gasteiger partial charge in [-0.3, -0.25) is 18.7 Å². The van der Waals surface area contributed by atoms with Crippen LogP contribution in [0.1, 0.15) is 41.5 Å². The summed E-state index contributed by atoms with van der Waals surface area (Å²) in [5.74, 6) is 0. The first-order valence-electron chi connectivity index (χ1n) is 12.0. The third kappa shape index (κ3) is 6.11. The maximum atomic E-state index is 13.4. The van der Waals surface area contributed by atoms with Crippen LogP contribution in [0.2, 0.25) is 0 Å². The van der Waals surface area contributed by atoms with Crippen molar-refractivity contribution in [1.29, 1.82) is 0 Å². The standard InChI is InChI=1S/C23H29F3N6O3S.Na/c1-30-12-18(11-27-30)32(17-8-9-31(13-17)14-23(24,25)26)36(34,35)29-22(33)28-21-19-6-2-4-15(19)10-16-5-3-7-20(16)21;/h10-12,17H,2-9,13-14H2,1H3,(H2,28,29,33);/q;+1/p-1. The van der Waals surface area contributed by atoms with Crippen LogP contribution in [0.5, 0.6) is 0 Å². The van der Waals surface area contributed by atoms with E-state index >= 15 is 0 Å². The number of hydrogen-bond donors (Lipinski definition) is 1. The number of aryl methyl sites for hydroxylation is 3.